The van der Waals surface area contributed by atoms with Crippen molar-refractivity contribution in [2.24, 2.45) is 10.7 Å². The highest BCUT2D eigenvalue weighted by atomic mass is 16.5. The molecule has 18 heavy (non-hydrogen) atoms. The standard InChI is InChI=1S/C13H20N4O/c1-10-3-4-12(16-11(10)2)9-15-13(14)17-5-7-18-8-6-17/h3-4H,5-9H2,1-2H3,(H2,14,15). The van der Waals surface area contributed by atoms with Crippen LogP contribution in [0.3, 0.4) is 0 Å². The summed E-state index contributed by atoms with van der Waals surface area (Å²) in [5.41, 5.74) is 9.16. The quantitative estimate of drug-likeness (QED) is 0.622. The van der Waals surface area contributed by atoms with Gasteiger partial charge in [0.05, 0.1) is 25.5 Å². The Morgan fingerprint density at radius 3 is 2.78 bits per heavy atom. The fourth-order valence-electron chi connectivity index (χ4n) is 1.83. The summed E-state index contributed by atoms with van der Waals surface area (Å²) >= 11 is 0. The van der Waals surface area contributed by atoms with Crippen molar-refractivity contribution < 1.29 is 4.74 Å². The van der Waals surface area contributed by atoms with Crippen molar-refractivity contribution in [1.82, 2.24) is 9.88 Å². The highest BCUT2D eigenvalue weighted by Gasteiger charge is 2.11. The average Bonchev–Trinajstić information content (AvgIpc) is 2.41. The first-order valence-electron chi connectivity index (χ1n) is 6.22. The van der Waals surface area contributed by atoms with E-state index in [9.17, 15) is 0 Å². The van der Waals surface area contributed by atoms with E-state index in [1.54, 1.807) is 0 Å². The van der Waals surface area contributed by atoms with Crippen molar-refractivity contribution in [3.8, 4) is 0 Å². The van der Waals surface area contributed by atoms with E-state index < -0.39 is 0 Å². The fourth-order valence-corrected chi connectivity index (χ4v) is 1.83. The van der Waals surface area contributed by atoms with Gasteiger partial charge in [0, 0.05) is 18.8 Å². The Bertz CT molecular complexity index is 439. The monoisotopic (exact) mass is 248 g/mol. The number of aromatic nitrogens is 1. The molecule has 0 atom stereocenters. The second-order valence-corrected chi connectivity index (χ2v) is 4.48. The van der Waals surface area contributed by atoms with Gasteiger partial charge in [0.2, 0.25) is 0 Å². The van der Waals surface area contributed by atoms with Crippen LogP contribution >= 0.6 is 0 Å². The molecule has 2 rings (SSSR count). The highest BCUT2D eigenvalue weighted by Crippen LogP contribution is 2.06. The topological polar surface area (TPSA) is 63.7 Å². The zero-order valence-electron chi connectivity index (χ0n) is 11.0. The smallest absolute Gasteiger partial charge is 0.191 e. The van der Waals surface area contributed by atoms with Crippen molar-refractivity contribution in [2.75, 3.05) is 26.3 Å². The van der Waals surface area contributed by atoms with Crippen LogP contribution in [0.15, 0.2) is 17.1 Å². The number of pyridine rings is 1. The Hall–Kier alpha value is -1.62. The van der Waals surface area contributed by atoms with Crippen LogP contribution in [0.4, 0.5) is 0 Å². The predicted octanol–water partition coefficient (Wildman–Crippen LogP) is 0.845. The maximum atomic E-state index is 5.96. The summed E-state index contributed by atoms with van der Waals surface area (Å²) in [6.07, 6.45) is 0. The number of hydrogen-bond acceptors (Lipinski definition) is 3. The molecule has 1 aliphatic rings. The predicted molar refractivity (Wildman–Crippen MR) is 71.4 cm³/mol. The number of nitrogens with two attached hydrogens (primary N) is 1. The lowest BCUT2D eigenvalue weighted by Crippen LogP contribution is -2.44. The Labute approximate surface area is 108 Å². The highest BCUT2D eigenvalue weighted by molar-refractivity contribution is 5.78. The number of guanidine groups is 1. The van der Waals surface area contributed by atoms with Gasteiger partial charge < -0.3 is 15.4 Å². The van der Waals surface area contributed by atoms with E-state index in [-0.39, 0.29) is 0 Å². The molecule has 0 amide bonds. The Morgan fingerprint density at radius 2 is 2.11 bits per heavy atom. The van der Waals surface area contributed by atoms with E-state index in [1.165, 1.54) is 5.56 Å². The Balaban J connectivity index is 1.98. The van der Waals surface area contributed by atoms with Gasteiger partial charge in [0.15, 0.2) is 5.96 Å². The molecule has 5 heteroatoms. The molecule has 1 saturated heterocycles. The van der Waals surface area contributed by atoms with Gasteiger partial charge in [-0.1, -0.05) is 6.07 Å². The second-order valence-electron chi connectivity index (χ2n) is 4.48. The molecule has 0 radical (unpaired) electrons. The summed E-state index contributed by atoms with van der Waals surface area (Å²) in [7, 11) is 0. The molecule has 0 saturated carbocycles. The van der Waals surface area contributed by atoms with Gasteiger partial charge in [0.1, 0.15) is 0 Å². The van der Waals surface area contributed by atoms with Crippen molar-refractivity contribution >= 4 is 5.96 Å². The summed E-state index contributed by atoms with van der Waals surface area (Å²) in [5.74, 6) is 0.582. The van der Waals surface area contributed by atoms with Crippen molar-refractivity contribution in [1.29, 1.82) is 0 Å². The number of rotatable bonds is 2. The third-order valence-electron chi connectivity index (χ3n) is 3.15. The fraction of sp³-hybridized carbons (Fsp3) is 0.538. The van der Waals surface area contributed by atoms with Gasteiger partial charge in [0.25, 0.3) is 0 Å². The minimum atomic E-state index is 0.532. The molecular formula is C13H20N4O. The summed E-state index contributed by atoms with van der Waals surface area (Å²) in [4.78, 5) is 10.9. The first-order chi connectivity index (χ1) is 8.66. The number of aliphatic imine (C=N–C) groups is 1. The van der Waals surface area contributed by atoms with Gasteiger partial charge in [-0.3, -0.25) is 4.98 Å². The van der Waals surface area contributed by atoms with Gasteiger partial charge in [-0.15, -0.1) is 0 Å². The van der Waals surface area contributed by atoms with Gasteiger partial charge in [-0.05, 0) is 25.5 Å². The first-order valence-corrected chi connectivity index (χ1v) is 6.22. The van der Waals surface area contributed by atoms with Crippen LogP contribution in [0.25, 0.3) is 0 Å². The molecule has 0 bridgehead atoms. The van der Waals surface area contributed by atoms with Crippen LogP contribution in [0.1, 0.15) is 17.0 Å². The van der Waals surface area contributed by atoms with Crippen LogP contribution < -0.4 is 5.73 Å². The molecule has 1 aromatic rings. The van der Waals surface area contributed by atoms with E-state index in [0.29, 0.717) is 12.5 Å². The molecule has 1 fully saturated rings. The van der Waals surface area contributed by atoms with E-state index in [1.807, 2.05) is 17.9 Å². The summed E-state index contributed by atoms with van der Waals surface area (Å²) in [6.45, 7) is 7.66. The Morgan fingerprint density at radius 1 is 1.39 bits per heavy atom. The molecule has 0 aromatic carbocycles. The molecule has 98 valence electrons. The van der Waals surface area contributed by atoms with E-state index in [0.717, 1.165) is 37.7 Å². The maximum absolute atomic E-state index is 5.96. The van der Waals surface area contributed by atoms with Crippen molar-refractivity contribution in [3.05, 3.63) is 29.1 Å². The molecule has 0 spiro atoms. The van der Waals surface area contributed by atoms with Crippen LogP contribution in [0, 0.1) is 13.8 Å². The lowest BCUT2D eigenvalue weighted by Gasteiger charge is -2.27. The molecule has 2 heterocycles. The van der Waals surface area contributed by atoms with E-state index >= 15 is 0 Å². The minimum absolute atomic E-state index is 0.532. The molecule has 0 aliphatic carbocycles. The van der Waals surface area contributed by atoms with Crippen LogP contribution in [-0.4, -0.2) is 42.1 Å². The average molecular weight is 248 g/mol. The van der Waals surface area contributed by atoms with Gasteiger partial charge >= 0.3 is 0 Å². The number of ether oxygens (including phenoxy) is 1. The molecule has 1 aliphatic heterocycles. The zero-order valence-corrected chi connectivity index (χ0v) is 11.0. The zero-order chi connectivity index (χ0) is 13.0. The van der Waals surface area contributed by atoms with Crippen LogP contribution in [0.5, 0.6) is 0 Å². The summed E-state index contributed by atoms with van der Waals surface area (Å²) in [6, 6.07) is 4.07. The van der Waals surface area contributed by atoms with Crippen LogP contribution in [-0.2, 0) is 11.3 Å². The lowest BCUT2D eigenvalue weighted by molar-refractivity contribution is 0.0674. The van der Waals surface area contributed by atoms with Gasteiger partial charge in [-0.2, -0.15) is 0 Å². The normalized spacial score (nSPS) is 17.0. The third-order valence-corrected chi connectivity index (χ3v) is 3.15. The number of hydrogen-bond donors (Lipinski definition) is 1. The maximum Gasteiger partial charge on any atom is 0.191 e. The Kier molecular flexibility index (Phi) is 4.15. The van der Waals surface area contributed by atoms with E-state index in [2.05, 4.69) is 23.0 Å². The molecule has 5 nitrogen and oxygen atoms in total. The van der Waals surface area contributed by atoms with Gasteiger partial charge in [-0.25, -0.2) is 4.99 Å². The minimum Gasteiger partial charge on any atom is -0.378 e. The second kappa shape index (κ2) is 5.82. The largest absolute Gasteiger partial charge is 0.378 e. The van der Waals surface area contributed by atoms with Crippen LogP contribution in [0.2, 0.25) is 0 Å². The van der Waals surface area contributed by atoms with E-state index in [4.69, 9.17) is 10.5 Å². The number of morpholine rings is 1. The first kappa shape index (κ1) is 12.8. The van der Waals surface area contributed by atoms with Crippen molar-refractivity contribution in [2.45, 2.75) is 20.4 Å². The number of aryl methyl sites for hydroxylation is 2. The third kappa shape index (κ3) is 3.20. The molecule has 0 unspecified atom stereocenters. The number of nitrogens with zero attached hydrogens (tertiary/aromatic N) is 3. The SMILES string of the molecule is Cc1ccc(CN=C(N)N2CCOCC2)nc1C. The summed E-state index contributed by atoms with van der Waals surface area (Å²) < 4.78 is 5.28. The summed E-state index contributed by atoms with van der Waals surface area (Å²) in [5, 5.41) is 0. The molecular weight excluding hydrogens is 228 g/mol. The molecule has 1 aromatic heterocycles. The lowest BCUT2D eigenvalue weighted by atomic mass is 10.2. The van der Waals surface area contributed by atoms with Crippen molar-refractivity contribution in [3.63, 3.8) is 0 Å². The molecule has 2 N–H and O–H groups in total.